The van der Waals surface area contributed by atoms with Gasteiger partial charge in [-0.05, 0) is 72.6 Å². The molecule has 0 heterocycles. The van der Waals surface area contributed by atoms with Crippen LogP contribution < -0.4 is 5.32 Å². The Hall–Kier alpha value is -1.51. The van der Waals surface area contributed by atoms with Crippen LogP contribution in [0.5, 0.6) is 5.75 Å². The number of carbonyl (C=O) groups is 1. The minimum atomic E-state index is -0.0595. The third-order valence-corrected chi connectivity index (χ3v) is 5.13. The molecule has 21 heavy (non-hydrogen) atoms. The molecular formula is C18H25NO2. The molecule has 2 atom stereocenters. The van der Waals surface area contributed by atoms with Crippen molar-refractivity contribution in [1.29, 1.82) is 0 Å². The van der Waals surface area contributed by atoms with E-state index in [1.54, 1.807) is 0 Å². The molecule has 0 aromatic heterocycles. The summed E-state index contributed by atoms with van der Waals surface area (Å²) in [6.45, 7) is 5.91. The fraction of sp³-hybridized carbons (Fsp3) is 0.611. The van der Waals surface area contributed by atoms with Crippen molar-refractivity contribution in [3.63, 3.8) is 0 Å². The molecule has 0 bridgehead atoms. The van der Waals surface area contributed by atoms with Gasteiger partial charge in [0.2, 0.25) is 5.91 Å². The highest BCUT2D eigenvalue weighted by Crippen LogP contribution is 2.50. The smallest absolute Gasteiger partial charge is 0.221 e. The first-order valence-corrected chi connectivity index (χ1v) is 8.11. The number of phenolic OH excluding ortho intramolecular Hbond substituents is 1. The Kier molecular flexibility index (Phi) is 3.68. The van der Waals surface area contributed by atoms with Gasteiger partial charge in [0, 0.05) is 12.6 Å². The second kappa shape index (κ2) is 5.36. The molecule has 0 aliphatic heterocycles. The van der Waals surface area contributed by atoms with Crippen molar-refractivity contribution in [1.82, 2.24) is 0 Å². The van der Waals surface area contributed by atoms with Crippen molar-refractivity contribution < 1.29 is 9.90 Å². The molecule has 0 saturated heterocycles. The highest BCUT2D eigenvalue weighted by molar-refractivity contribution is 5.89. The molecule has 1 aromatic rings. The van der Waals surface area contributed by atoms with E-state index in [0.29, 0.717) is 29.4 Å². The van der Waals surface area contributed by atoms with Gasteiger partial charge in [-0.15, -0.1) is 0 Å². The molecule has 114 valence electrons. The van der Waals surface area contributed by atoms with Crippen LogP contribution in [0.1, 0.15) is 69.4 Å². The van der Waals surface area contributed by atoms with Crippen molar-refractivity contribution >= 4 is 11.6 Å². The number of rotatable bonds is 5. The van der Waals surface area contributed by atoms with Crippen molar-refractivity contribution in [3.05, 3.63) is 23.3 Å². The Bertz CT molecular complexity index is 519. The van der Waals surface area contributed by atoms with Gasteiger partial charge < -0.3 is 10.4 Å². The van der Waals surface area contributed by atoms with E-state index in [9.17, 15) is 9.90 Å². The van der Waals surface area contributed by atoms with E-state index in [4.69, 9.17) is 0 Å². The first-order valence-electron chi connectivity index (χ1n) is 8.11. The normalized spacial score (nSPS) is 20.9. The van der Waals surface area contributed by atoms with Crippen molar-refractivity contribution in [2.24, 2.45) is 11.8 Å². The first kappa shape index (κ1) is 14.4. The lowest BCUT2D eigenvalue weighted by Gasteiger charge is -2.21. The second-order valence-electron chi connectivity index (χ2n) is 6.94. The van der Waals surface area contributed by atoms with Gasteiger partial charge >= 0.3 is 0 Å². The molecule has 2 aliphatic carbocycles. The van der Waals surface area contributed by atoms with E-state index in [1.807, 2.05) is 12.1 Å². The van der Waals surface area contributed by atoms with Gasteiger partial charge in [-0.1, -0.05) is 13.8 Å². The average molecular weight is 287 g/mol. The summed E-state index contributed by atoms with van der Waals surface area (Å²) in [5, 5.41) is 13.6. The topological polar surface area (TPSA) is 49.3 Å². The summed E-state index contributed by atoms with van der Waals surface area (Å²) in [5.41, 5.74) is 2.84. The number of anilines is 1. The van der Waals surface area contributed by atoms with Crippen molar-refractivity contribution in [3.8, 4) is 5.75 Å². The fourth-order valence-corrected chi connectivity index (χ4v) is 3.35. The molecular weight excluding hydrogens is 262 g/mol. The summed E-state index contributed by atoms with van der Waals surface area (Å²) in [5.74, 6) is 2.51. The van der Waals surface area contributed by atoms with Crippen LogP contribution in [0.25, 0.3) is 0 Å². The minimum Gasteiger partial charge on any atom is -0.507 e. The largest absolute Gasteiger partial charge is 0.507 e. The number of phenols is 1. The maximum Gasteiger partial charge on any atom is 0.221 e. The van der Waals surface area contributed by atoms with Gasteiger partial charge in [0.05, 0.1) is 0 Å². The van der Waals surface area contributed by atoms with E-state index in [1.165, 1.54) is 32.6 Å². The summed E-state index contributed by atoms with van der Waals surface area (Å²) >= 11 is 0. The summed E-state index contributed by atoms with van der Waals surface area (Å²) in [6, 6.07) is 3.92. The molecule has 0 unspecified atom stereocenters. The van der Waals surface area contributed by atoms with Crippen LogP contribution in [0.15, 0.2) is 12.1 Å². The Balaban J connectivity index is 1.99. The molecule has 1 amide bonds. The van der Waals surface area contributed by atoms with Gasteiger partial charge in [0.25, 0.3) is 0 Å². The van der Waals surface area contributed by atoms with Gasteiger partial charge in [-0.25, -0.2) is 0 Å². The third-order valence-electron chi connectivity index (χ3n) is 5.13. The van der Waals surface area contributed by atoms with Crippen LogP contribution in [-0.4, -0.2) is 11.0 Å². The van der Waals surface area contributed by atoms with Crippen LogP contribution in [0.2, 0.25) is 0 Å². The van der Waals surface area contributed by atoms with E-state index in [0.717, 1.165) is 16.8 Å². The zero-order valence-corrected chi connectivity index (χ0v) is 13.1. The number of aromatic hydroxyl groups is 1. The molecule has 3 nitrogen and oxygen atoms in total. The molecule has 0 spiro atoms. The Morgan fingerprint density at radius 3 is 1.86 bits per heavy atom. The summed E-state index contributed by atoms with van der Waals surface area (Å²) < 4.78 is 0. The predicted molar refractivity (Wildman–Crippen MR) is 84.7 cm³/mol. The summed E-state index contributed by atoms with van der Waals surface area (Å²) in [6.07, 6.45) is 4.99. The molecule has 3 heteroatoms. The molecule has 1 aromatic carbocycles. The maximum absolute atomic E-state index is 11.4. The lowest BCUT2D eigenvalue weighted by Crippen LogP contribution is -2.09. The van der Waals surface area contributed by atoms with E-state index in [-0.39, 0.29) is 5.91 Å². The fourth-order valence-electron chi connectivity index (χ4n) is 3.35. The molecule has 0 radical (unpaired) electrons. The lowest BCUT2D eigenvalue weighted by molar-refractivity contribution is -0.114. The van der Waals surface area contributed by atoms with Crippen molar-refractivity contribution in [2.45, 2.75) is 58.3 Å². The predicted octanol–water partition coefficient (Wildman–Crippen LogP) is 4.38. The Labute approximate surface area is 126 Å². The standard InChI is InChI=1S/C18H25NO2/c1-10(13-4-5-13)16-8-15(19-12(3)20)9-17(18(16)21)11(2)14-6-7-14/h8-11,13-14,21H,4-7H2,1-3H3,(H,19,20)/t10-,11-/m1/s1. The van der Waals surface area contributed by atoms with Crippen LogP contribution in [0.4, 0.5) is 5.69 Å². The molecule has 2 N–H and O–H groups in total. The third kappa shape index (κ3) is 3.07. The molecule has 3 rings (SSSR count). The van der Waals surface area contributed by atoms with Crippen LogP contribution in [0, 0.1) is 11.8 Å². The number of hydrogen-bond acceptors (Lipinski definition) is 2. The minimum absolute atomic E-state index is 0.0595. The molecule has 2 fully saturated rings. The summed E-state index contributed by atoms with van der Waals surface area (Å²) in [7, 11) is 0. The zero-order chi connectivity index (χ0) is 15.1. The summed E-state index contributed by atoms with van der Waals surface area (Å²) in [4.78, 5) is 11.4. The number of nitrogens with one attached hydrogen (secondary N) is 1. The average Bonchev–Trinajstić information content (AvgIpc) is 3.29. The van der Waals surface area contributed by atoms with Gasteiger partial charge in [-0.3, -0.25) is 4.79 Å². The SMILES string of the molecule is CC(=O)Nc1cc([C@H](C)C2CC2)c(O)c([C@H](C)C2CC2)c1. The second-order valence-corrected chi connectivity index (χ2v) is 6.94. The number of carbonyl (C=O) groups excluding carboxylic acids is 1. The zero-order valence-electron chi connectivity index (χ0n) is 13.1. The van der Waals surface area contributed by atoms with Crippen LogP contribution in [-0.2, 0) is 4.79 Å². The monoisotopic (exact) mass is 287 g/mol. The van der Waals surface area contributed by atoms with Gasteiger partial charge in [0.15, 0.2) is 0 Å². The van der Waals surface area contributed by atoms with Gasteiger partial charge in [0.1, 0.15) is 5.75 Å². The Morgan fingerprint density at radius 2 is 1.52 bits per heavy atom. The van der Waals surface area contributed by atoms with E-state index >= 15 is 0 Å². The molecule has 2 saturated carbocycles. The Morgan fingerprint density at radius 1 is 1.10 bits per heavy atom. The number of amides is 1. The molecule has 2 aliphatic rings. The number of benzene rings is 1. The maximum atomic E-state index is 11.4. The van der Waals surface area contributed by atoms with Crippen LogP contribution in [0.3, 0.4) is 0 Å². The van der Waals surface area contributed by atoms with Crippen LogP contribution >= 0.6 is 0 Å². The highest BCUT2D eigenvalue weighted by Gasteiger charge is 2.34. The van der Waals surface area contributed by atoms with Gasteiger partial charge in [-0.2, -0.15) is 0 Å². The number of hydrogen-bond donors (Lipinski definition) is 2. The van der Waals surface area contributed by atoms with Crippen molar-refractivity contribution in [2.75, 3.05) is 5.32 Å². The lowest BCUT2D eigenvalue weighted by atomic mass is 9.87. The quantitative estimate of drug-likeness (QED) is 0.790. The van der Waals surface area contributed by atoms with E-state index in [2.05, 4.69) is 19.2 Å². The first-order chi connectivity index (χ1) is 9.97. The highest BCUT2D eigenvalue weighted by atomic mass is 16.3. The van der Waals surface area contributed by atoms with E-state index < -0.39 is 0 Å².